The first kappa shape index (κ1) is 16.2. The number of Topliss-reactive ketones (excluding diaryl/α,β-unsaturated/α-hetero) is 1. The van der Waals surface area contributed by atoms with Crippen molar-refractivity contribution in [3.63, 3.8) is 0 Å². The van der Waals surface area contributed by atoms with E-state index in [1.807, 2.05) is 55.5 Å². The Bertz CT molecular complexity index is 1100. The third-order valence-corrected chi connectivity index (χ3v) is 4.71. The van der Waals surface area contributed by atoms with Crippen LogP contribution in [0.1, 0.15) is 23.0 Å². The average Bonchev–Trinajstić information content (AvgIpc) is 2.69. The summed E-state index contributed by atoms with van der Waals surface area (Å²) in [7, 11) is 0. The fourth-order valence-corrected chi connectivity index (χ4v) is 3.39. The van der Waals surface area contributed by atoms with Crippen LogP contribution in [0.4, 0.5) is 0 Å². The van der Waals surface area contributed by atoms with Crippen LogP contribution in [0.2, 0.25) is 0 Å². The monoisotopic (exact) mass is 337 g/mol. The van der Waals surface area contributed by atoms with E-state index in [1.54, 1.807) is 6.92 Å². The first-order chi connectivity index (χ1) is 12.6. The topological polar surface area (TPSA) is 30.0 Å². The molecule has 0 aliphatic carbocycles. The molecule has 0 aliphatic heterocycles. The summed E-state index contributed by atoms with van der Waals surface area (Å²) < 4.78 is 0. The average molecular weight is 337 g/mol. The summed E-state index contributed by atoms with van der Waals surface area (Å²) in [6.45, 7) is 3.60. The van der Waals surface area contributed by atoms with E-state index in [0.717, 1.165) is 38.9 Å². The summed E-state index contributed by atoms with van der Waals surface area (Å²) in [5.41, 5.74) is 5.94. The zero-order valence-corrected chi connectivity index (χ0v) is 14.9. The minimum atomic E-state index is 0.0692. The molecule has 3 aromatic carbocycles. The van der Waals surface area contributed by atoms with Crippen LogP contribution in [0.15, 0.2) is 78.9 Å². The highest BCUT2D eigenvalue weighted by molar-refractivity contribution is 6.06. The minimum Gasteiger partial charge on any atom is -0.295 e. The highest BCUT2D eigenvalue weighted by Gasteiger charge is 2.16. The normalized spacial score (nSPS) is 10.8. The van der Waals surface area contributed by atoms with Gasteiger partial charge in [0.2, 0.25) is 0 Å². The van der Waals surface area contributed by atoms with E-state index < -0.39 is 0 Å². The van der Waals surface area contributed by atoms with Gasteiger partial charge in [0.05, 0.1) is 5.69 Å². The van der Waals surface area contributed by atoms with Gasteiger partial charge in [0, 0.05) is 27.8 Å². The highest BCUT2D eigenvalue weighted by Crippen LogP contribution is 2.38. The van der Waals surface area contributed by atoms with Crippen molar-refractivity contribution in [2.24, 2.45) is 0 Å². The van der Waals surface area contributed by atoms with Gasteiger partial charge in [0.25, 0.3) is 0 Å². The first-order valence-corrected chi connectivity index (χ1v) is 8.71. The lowest BCUT2D eigenvalue weighted by Gasteiger charge is -2.16. The number of hydrogen-bond donors (Lipinski definition) is 0. The number of carbonyl (C=O) groups is 1. The van der Waals surface area contributed by atoms with Crippen LogP contribution in [0.5, 0.6) is 0 Å². The molecule has 0 bridgehead atoms. The number of fused-ring (bicyclic) bond motifs is 1. The molecule has 2 nitrogen and oxygen atoms in total. The Hall–Kier alpha value is -3.26. The number of ketones is 1. The molecule has 0 unspecified atom stereocenters. The van der Waals surface area contributed by atoms with Gasteiger partial charge in [0.15, 0.2) is 5.78 Å². The predicted octanol–water partition coefficient (Wildman–Crippen LogP) is 6.08. The third kappa shape index (κ3) is 2.80. The van der Waals surface area contributed by atoms with Crippen molar-refractivity contribution >= 4 is 16.6 Å². The fourth-order valence-electron chi connectivity index (χ4n) is 3.39. The van der Waals surface area contributed by atoms with Crippen LogP contribution in [-0.2, 0) is 0 Å². The lowest BCUT2D eigenvalue weighted by Crippen LogP contribution is -1.98. The quantitative estimate of drug-likeness (QED) is 0.424. The first-order valence-electron chi connectivity index (χ1n) is 8.71. The predicted molar refractivity (Wildman–Crippen MR) is 107 cm³/mol. The molecule has 0 amide bonds. The number of rotatable bonds is 3. The largest absolute Gasteiger partial charge is 0.295 e. The molecule has 0 radical (unpaired) electrons. The zero-order chi connectivity index (χ0) is 18.1. The molecule has 126 valence electrons. The summed E-state index contributed by atoms with van der Waals surface area (Å²) in [5.74, 6) is 0.0692. The number of benzene rings is 3. The molecule has 0 aliphatic rings. The summed E-state index contributed by atoms with van der Waals surface area (Å²) in [6.07, 6.45) is 0. The van der Waals surface area contributed by atoms with E-state index in [4.69, 9.17) is 4.98 Å². The Morgan fingerprint density at radius 2 is 1.38 bits per heavy atom. The van der Waals surface area contributed by atoms with Gasteiger partial charge in [-0.3, -0.25) is 9.78 Å². The second-order valence-corrected chi connectivity index (χ2v) is 6.47. The number of nitrogens with zero attached hydrogens (tertiary/aromatic N) is 1. The molecular weight excluding hydrogens is 318 g/mol. The van der Waals surface area contributed by atoms with Crippen molar-refractivity contribution in [1.29, 1.82) is 0 Å². The van der Waals surface area contributed by atoms with E-state index in [1.165, 1.54) is 0 Å². The maximum atomic E-state index is 11.8. The van der Waals surface area contributed by atoms with Crippen molar-refractivity contribution in [1.82, 2.24) is 4.98 Å². The number of aromatic nitrogens is 1. The van der Waals surface area contributed by atoms with Gasteiger partial charge in [-0.2, -0.15) is 0 Å². The van der Waals surface area contributed by atoms with Crippen LogP contribution in [0, 0.1) is 6.92 Å². The second-order valence-electron chi connectivity index (χ2n) is 6.47. The molecule has 0 saturated heterocycles. The zero-order valence-electron chi connectivity index (χ0n) is 14.9. The molecule has 0 N–H and O–H groups in total. The van der Waals surface area contributed by atoms with E-state index in [2.05, 4.69) is 30.3 Å². The summed E-state index contributed by atoms with van der Waals surface area (Å²) in [5, 5.41) is 2.14. The lowest BCUT2D eigenvalue weighted by atomic mass is 9.92. The van der Waals surface area contributed by atoms with Crippen molar-refractivity contribution in [2.75, 3.05) is 0 Å². The summed E-state index contributed by atoms with van der Waals surface area (Å²) in [4.78, 5) is 16.8. The SMILES string of the molecule is CC(=O)c1ccc2c(-c3ccccc3)c(-c3ccccc3)nc(C)c2c1. The molecule has 0 atom stereocenters. The van der Waals surface area contributed by atoms with Gasteiger partial charge < -0.3 is 0 Å². The molecule has 4 rings (SSSR count). The number of hydrogen-bond acceptors (Lipinski definition) is 2. The number of aryl methyl sites for hydroxylation is 1. The lowest BCUT2D eigenvalue weighted by molar-refractivity contribution is 0.101. The van der Waals surface area contributed by atoms with Crippen molar-refractivity contribution in [3.8, 4) is 22.4 Å². The van der Waals surface area contributed by atoms with Gasteiger partial charge in [-0.25, -0.2) is 0 Å². The van der Waals surface area contributed by atoms with E-state index in [-0.39, 0.29) is 5.78 Å². The van der Waals surface area contributed by atoms with Gasteiger partial charge >= 0.3 is 0 Å². The van der Waals surface area contributed by atoms with E-state index >= 15 is 0 Å². The van der Waals surface area contributed by atoms with Gasteiger partial charge in [-0.1, -0.05) is 72.8 Å². The number of pyridine rings is 1. The Kier molecular flexibility index (Phi) is 4.10. The van der Waals surface area contributed by atoms with Crippen molar-refractivity contribution < 1.29 is 4.79 Å². The molecule has 1 heterocycles. The van der Waals surface area contributed by atoms with Crippen LogP contribution < -0.4 is 0 Å². The van der Waals surface area contributed by atoms with Crippen LogP contribution in [0.3, 0.4) is 0 Å². The Morgan fingerprint density at radius 1 is 0.769 bits per heavy atom. The summed E-state index contributed by atoms with van der Waals surface area (Å²) in [6, 6.07) is 26.5. The third-order valence-electron chi connectivity index (χ3n) is 4.71. The Labute approximate surface area is 153 Å². The van der Waals surface area contributed by atoms with E-state index in [9.17, 15) is 4.79 Å². The molecule has 0 fully saturated rings. The van der Waals surface area contributed by atoms with Crippen molar-refractivity contribution in [3.05, 3.63) is 90.1 Å². The molecule has 0 spiro atoms. The molecule has 26 heavy (non-hydrogen) atoms. The standard InChI is InChI=1S/C24H19NO/c1-16-22-15-20(17(2)26)13-14-21(22)23(18-9-5-3-6-10-18)24(25-16)19-11-7-4-8-12-19/h3-15H,1-2H3. The molecule has 1 aromatic heterocycles. The molecular formula is C24H19NO. The highest BCUT2D eigenvalue weighted by atomic mass is 16.1. The maximum Gasteiger partial charge on any atom is 0.159 e. The van der Waals surface area contributed by atoms with E-state index in [0.29, 0.717) is 5.56 Å². The molecule has 4 aromatic rings. The number of carbonyl (C=O) groups excluding carboxylic acids is 1. The second kappa shape index (κ2) is 6.57. The van der Waals surface area contributed by atoms with Crippen molar-refractivity contribution in [2.45, 2.75) is 13.8 Å². The molecule has 2 heteroatoms. The maximum absolute atomic E-state index is 11.8. The van der Waals surface area contributed by atoms with Gasteiger partial charge in [-0.05, 0) is 30.9 Å². The fraction of sp³-hybridized carbons (Fsp3) is 0.0833. The Balaban J connectivity index is 2.11. The van der Waals surface area contributed by atoms with Gasteiger partial charge in [-0.15, -0.1) is 0 Å². The van der Waals surface area contributed by atoms with Crippen LogP contribution in [0.25, 0.3) is 33.2 Å². The molecule has 0 saturated carbocycles. The van der Waals surface area contributed by atoms with Gasteiger partial charge in [0.1, 0.15) is 0 Å². The van der Waals surface area contributed by atoms with Crippen LogP contribution in [-0.4, -0.2) is 10.8 Å². The Morgan fingerprint density at radius 3 is 2.00 bits per heavy atom. The smallest absolute Gasteiger partial charge is 0.159 e. The van der Waals surface area contributed by atoms with Crippen LogP contribution >= 0.6 is 0 Å². The minimum absolute atomic E-state index is 0.0692. The summed E-state index contributed by atoms with van der Waals surface area (Å²) >= 11 is 0.